The van der Waals surface area contributed by atoms with Gasteiger partial charge in [0.05, 0.1) is 11.1 Å². The molecule has 0 fully saturated rings. The van der Waals surface area contributed by atoms with Crippen LogP contribution in [-0.4, -0.2) is 22.2 Å². The van der Waals surface area contributed by atoms with Crippen LogP contribution in [0, 0.1) is 0 Å². The zero-order valence-corrected chi connectivity index (χ0v) is 13.1. The average molecular weight is 288 g/mol. The van der Waals surface area contributed by atoms with Crippen molar-refractivity contribution in [3.63, 3.8) is 0 Å². The molecule has 0 saturated carbocycles. The Morgan fingerprint density at radius 2 is 1.35 bits per heavy atom. The Labute approximate surface area is 112 Å². The summed E-state index contributed by atoms with van der Waals surface area (Å²) >= 11 is 0. The molecule has 0 aliphatic rings. The van der Waals surface area contributed by atoms with E-state index in [1.165, 1.54) is 18.2 Å². The number of hydrogen-bond acceptors (Lipinski definition) is 2. The third-order valence-electron chi connectivity index (χ3n) is 2.28. The molecule has 2 N–H and O–H groups in total. The molecule has 0 spiro atoms. The molecule has 0 atom stereocenters. The first kappa shape index (κ1) is 15.8. The molecule has 0 aliphatic heterocycles. The van der Waals surface area contributed by atoms with Gasteiger partial charge in [-0.15, -0.1) is 0 Å². The number of carboxylic acids is 2. The monoisotopic (exact) mass is 286 g/mol. The van der Waals surface area contributed by atoms with Crippen molar-refractivity contribution in [2.45, 2.75) is 26.2 Å². The van der Waals surface area contributed by atoms with Crippen molar-refractivity contribution < 1.29 is 39.3 Å². The second-order valence-corrected chi connectivity index (χ2v) is 4.59. The summed E-state index contributed by atoms with van der Waals surface area (Å²) in [5, 5.41) is 18.1. The smallest absolute Gasteiger partial charge is 0.336 e. The normalized spacial score (nSPS) is 10.5. The van der Waals surface area contributed by atoms with Gasteiger partial charge in [-0.1, -0.05) is 26.8 Å². The molecule has 0 aliphatic carbocycles. The molecule has 4 nitrogen and oxygen atoms in total. The summed E-state index contributed by atoms with van der Waals surface area (Å²) in [7, 11) is 0. The number of benzene rings is 1. The minimum Gasteiger partial charge on any atom is -0.478 e. The van der Waals surface area contributed by atoms with E-state index in [4.69, 9.17) is 10.2 Å². The van der Waals surface area contributed by atoms with Crippen LogP contribution < -0.4 is 0 Å². The molecule has 0 amide bonds. The minimum absolute atomic E-state index is 0. The third-order valence-corrected chi connectivity index (χ3v) is 2.28. The SMILES string of the molecule is CC(C)(C)c1c(C(=O)O)cccc1C(=O)O.[Zn]. The summed E-state index contributed by atoms with van der Waals surface area (Å²) in [5.74, 6) is -2.21. The van der Waals surface area contributed by atoms with Crippen molar-refractivity contribution in [2.75, 3.05) is 0 Å². The van der Waals surface area contributed by atoms with Crippen LogP contribution in [0.15, 0.2) is 18.2 Å². The van der Waals surface area contributed by atoms with Crippen molar-refractivity contribution in [3.8, 4) is 0 Å². The summed E-state index contributed by atoms with van der Waals surface area (Å²) in [4.78, 5) is 22.1. The predicted octanol–water partition coefficient (Wildman–Crippen LogP) is 2.38. The van der Waals surface area contributed by atoms with E-state index in [9.17, 15) is 9.59 Å². The second kappa shape index (κ2) is 5.41. The topological polar surface area (TPSA) is 74.6 Å². The van der Waals surface area contributed by atoms with Crippen LogP contribution >= 0.6 is 0 Å². The van der Waals surface area contributed by atoms with Gasteiger partial charge in [0, 0.05) is 19.5 Å². The van der Waals surface area contributed by atoms with Crippen LogP contribution in [0.3, 0.4) is 0 Å². The Balaban J connectivity index is 0.00000256. The summed E-state index contributed by atoms with van der Waals surface area (Å²) < 4.78 is 0. The molecule has 0 radical (unpaired) electrons. The van der Waals surface area contributed by atoms with Crippen LogP contribution in [0.1, 0.15) is 47.1 Å². The zero-order chi connectivity index (χ0) is 12.5. The molecule has 1 aromatic rings. The zero-order valence-electron chi connectivity index (χ0n) is 10.2. The van der Waals surface area contributed by atoms with Crippen molar-refractivity contribution >= 4 is 11.9 Å². The van der Waals surface area contributed by atoms with Crippen LogP contribution in [0.4, 0.5) is 0 Å². The van der Waals surface area contributed by atoms with Gasteiger partial charge in [-0.3, -0.25) is 0 Å². The summed E-state index contributed by atoms with van der Waals surface area (Å²) in [5.41, 5.74) is -0.0716. The van der Waals surface area contributed by atoms with E-state index in [2.05, 4.69) is 0 Å². The maximum Gasteiger partial charge on any atom is 0.336 e. The molecular weight excluding hydrogens is 274 g/mol. The first-order valence-corrected chi connectivity index (χ1v) is 4.85. The van der Waals surface area contributed by atoms with Crippen molar-refractivity contribution in [2.24, 2.45) is 0 Å². The fourth-order valence-corrected chi connectivity index (χ4v) is 1.72. The summed E-state index contributed by atoms with van der Waals surface area (Å²) in [6.07, 6.45) is 0. The van der Waals surface area contributed by atoms with E-state index in [0.29, 0.717) is 5.56 Å². The van der Waals surface area contributed by atoms with Crippen molar-refractivity contribution in [3.05, 3.63) is 34.9 Å². The van der Waals surface area contributed by atoms with Crippen LogP contribution in [0.5, 0.6) is 0 Å². The van der Waals surface area contributed by atoms with Crippen LogP contribution in [0.25, 0.3) is 0 Å². The van der Waals surface area contributed by atoms with Gasteiger partial charge in [0.15, 0.2) is 0 Å². The first-order chi connectivity index (χ1) is 7.25. The van der Waals surface area contributed by atoms with Gasteiger partial charge >= 0.3 is 11.9 Å². The van der Waals surface area contributed by atoms with Gasteiger partial charge in [-0.2, -0.15) is 0 Å². The van der Waals surface area contributed by atoms with E-state index >= 15 is 0 Å². The fraction of sp³-hybridized carbons (Fsp3) is 0.333. The van der Waals surface area contributed by atoms with E-state index in [1.807, 2.05) is 0 Å². The summed E-state index contributed by atoms with van der Waals surface area (Å²) in [6, 6.07) is 4.30. The maximum atomic E-state index is 11.1. The Kier molecular flexibility index (Phi) is 5.02. The van der Waals surface area contributed by atoms with E-state index in [1.54, 1.807) is 20.8 Å². The number of carboxylic acid groups (broad SMARTS) is 2. The minimum atomic E-state index is -1.10. The number of carbonyl (C=O) groups is 2. The fourth-order valence-electron chi connectivity index (χ4n) is 1.72. The predicted molar refractivity (Wildman–Crippen MR) is 59.1 cm³/mol. The second-order valence-electron chi connectivity index (χ2n) is 4.59. The molecule has 5 heteroatoms. The largest absolute Gasteiger partial charge is 0.478 e. The number of rotatable bonds is 2. The summed E-state index contributed by atoms with van der Waals surface area (Å²) in [6.45, 7) is 5.38. The Morgan fingerprint density at radius 1 is 1.00 bits per heavy atom. The average Bonchev–Trinajstić information content (AvgIpc) is 2.15. The molecule has 0 bridgehead atoms. The van der Waals surface area contributed by atoms with Gasteiger partial charge in [0.25, 0.3) is 0 Å². The Morgan fingerprint density at radius 3 is 1.59 bits per heavy atom. The molecular formula is C12H14O4Zn. The van der Waals surface area contributed by atoms with E-state index in [0.717, 1.165) is 0 Å². The number of hydrogen-bond donors (Lipinski definition) is 2. The van der Waals surface area contributed by atoms with Crippen LogP contribution in [-0.2, 0) is 24.9 Å². The van der Waals surface area contributed by atoms with Gasteiger partial charge in [0.1, 0.15) is 0 Å². The number of aromatic carboxylic acids is 2. The van der Waals surface area contributed by atoms with E-state index in [-0.39, 0.29) is 30.6 Å². The molecule has 1 rings (SSSR count). The molecule has 0 heterocycles. The standard InChI is InChI=1S/C12H14O4.Zn/c1-12(2,3)9-7(10(13)14)5-4-6-8(9)11(15)16;/h4-6H,1-3H3,(H,13,14)(H,15,16);. The van der Waals surface area contributed by atoms with Gasteiger partial charge < -0.3 is 10.2 Å². The molecule has 0 unspecified atom stereocenters. The third kappa shape index (κ3) is 3.37. The maximum absolute atomic E-state index is 11.1. The molecule has 1 aromatic carbocycles. The van der Waals surface area contributed by atoms with Crippen molar-refractivity contribution in [1.82, 2.24) is 0 Å². The van der Waals surface area contributed by atoms with Gasteiger partial charge in [-0.05, 0) is 23.1 Å². The molecule has 0 aromatic heterocycles. The van der Waals surface area contributed by atoms with Crippen LogP contribution in [0.2, 0.25) is 0 Å². The van der Waals surface area contributed by atoms with E-state index < -0.39 is 17.4 Å². The first-order valence-electron chi connectivity index (χ1n) is 4.85. The molecule has 88 valence electrons. The van der Waals surface area contributed by atoms with Gasteiger partial charge in [-0.25, -0.2) is 9.59 Å². The van der Waals surface area contributed by atoms with Gasteiger partial charge in [0.2, 0.25) is 0 Å². The quantitative estimate of drug-likeness (QED) is 0.819. The Bertz CT molecular complexity index is 414. The molecule has 17 heavy (non-hydrogen) atoms. The Hall–Kier alpha value is -1.22. The van der Waals surface area contributed by atoms with Crippen molar-refractivity contribution in [1.29, 1.82) is 0 Å². The molecule has 0 saturated heterocycles.